The lowest BCUT2D eigenvalue weighted by molar-refractivity contribution is -0.117. The van der Waals surface area contributed by atoms with Crippen LogP contribution in [0.3, 0.4) is 0 Å². The largest absolute Gasteiger partial charge is 0.325 e. The van der Waals surface area contributed by atoms with Gasteiger partial charge in [-0.1, -0.05) is 17.7 Å². The number of amides is 1. The molecule has 2 N–H and O–H groups in total. The van der Waals surface area contributed by atoms with E-state index in [0.717, 1.165) is 49.6 Å². The number of nitrogens with zero attached hydrogens (tertiary/aromatic N) is 1. The Balaban J connectivity index is 0.00000242. The Morgan fingerprint density at radius 1 is 1.36 bits per heavy atom. The van der Waals surface area contributed by atoms with Gasteiger partial charge in [-0.2, -0.15) is 0 Å². The molecular weight excluding hydrogens is 321 g/mol. The van der Waals surface area contributed by atoms with Crippen molar-refractivity contribution < 1.29 is 4.79 Å². The fourth-order valence-electron chi connectivity index (χ4n) is 2.77. The van der Waals surface area contributed by atoms with Crippen LogP contribution in [0, 0.1) is 12.8 Å². The summed E-state index contributed by atoms with van der Waals surface area (Å²) < 4.78 is 0. The van der Waals surface area contributed by atoms with Crippen molar-refractivity contribution in [3.05, 3.63) is 28.8 Å². The molecule has 0 radical (unpaired) electrons. The van der Waals surface area contributed by atoms with Gasteiger partial charge in [0.1, 0.15) is 0 Å². The van der Waals surface area contributed by atoms with E-state index < -0.39 is 0 Å². The summed E-state index contributed by atoms with van der Waals surface area (Å²) in [6.45, 7) is 5.43. The van der Waals surface area contributed by atoms with E-state index in [1.807, 2.05) is 32.2 Å². The average molecular weight is 346 g/mol. The second kappa shape index (κ2) is 9.36. The summed E-state index contributed by atoms with van der Waals surface area (Å²) in [6.07, 6.45) is 2.31. The lowest BCUT2D eigenvalue weighted by Gasteiger charge is -2.31. The Labute approximate surface area is 144 Å². The van der Waals surface area contributed by atoms with E-state index in [-0.39, 0.29) is 18.3 Å². The van der Waals surface area contributed by atoms with Crippen LogP contribution in [0.4, 0.5) is 5.69 Å². The Bertz CT molecular complexity index is 488. The molecule has 1 heterocycles. The SMILES string of the molecule is CNCC1CCN(CC(=O)Nc2cccc(Cl)c2C)CC1.Cl. The minimum absolute atomic E-state index is 0. The van der Waals surface area contributed by atoms with Crippen molar-refractivity contribution in [2.45, 2.75) is 19.8 Å². The van der Waals surface area contributed by atoms with Crippen molar-refractivity contribution >= 4 is 35.6 Å². The van der Waals surface area contributed by atoms with Crippen molar-refractivity contribution in [3.8, 4) is 0 Å². The minimum atomic E-state index is 0. The Morgan fingerprint density at radius 3 is 2.68 bits per heavy atom. The fourth-order valence-corrected chi connectivity index (χ4v) is 2.95. The molecule has 1 aliphatic rings. The highest BCUT2D eigenvalue weighted by Crippen LogP contribution is 2.23. The van der Waals surface area contributed by atoms with Crippen LogP contribution in [-0.2, 0) is 4.79 Å². The van der Waals surface area contributed by atoms with Crippen LogP contribution < -0.4 is 10.6 Å². The third-order valence-corrected chi connectivity index (χ3v) is 4.52. The third-order valence-electron chi connectivity index (χ3n) is 4.11. The summed E-state index contributed by atoms with van der Waals surface area (Å²) in [5, 5.41) is 6.87. The quantitative estimate of drug-likeness (QED) is 0.862. The summed E-state index contributed by atoms with van der Waals surface area (Å²) in [7, 11) is 1.99. The molecule has 2 rings (SSSR count). The number of carbonyl (C=O) groups excluding carboxylic acids is 1. The molecule has 6 heteroatoms. The average Bonchev–Trinajstić information content (AvgIpc) is 2.46. The van der Waals surface area contributed by atoms with Gasteiger partial charge in [-0.15, -0.1) is 12.4 Å². The normalized spacial score (nSPS) is 16.1. The number of likely N-dealkylation sites (tertiary alicyclic amines) is 1. The van der Waals surface area contributed by atoms with E-state index in [9.17, 15) is 4.79 Å². The van der Waals surface area contributed by atoms with Gasteiger partial charge in [0.05, 0.1) is 6.54 Å². The zero-order chi connectivity index (χ0) is 15.2. The van der Waals surface area contributed by atoms with Crippen molar-refractivity contribution in [2.24, 2.45) is 5.92 Å². The Kier molecular flexibility index (Phi) is 8.18. The zero-order valence-electron chi connectivity index (χ0n) is 13.2. The minimum Gasteiger partial charge on any atom is -0.325 e. The van der Waals surface area contributed by atoms with Gasteiger partial charge in [0.2, 0.25) is 5.91 Å². The van der Waals surface area contributed by atoms with E-state index in [1.54, 1.807) is 0 Å². The first kappa shape index (κ1) is 19.2. The van der Waals surface area contributed by atoms with Crippen LogP contribution in [0.1, 0.15) is 18.4 Å². The number of halogens is 2. The maximum Gasteiger partial charge on any atom is 0.238 e. The molecule has 1 saturated heterocycles. The van der Waals surface area contributed by atoms with Gasteiger partial charge in [0, 0.05) is 10.7 Å². The molecule has 0 aromatic heterocycles. The Hall–Kier alpha value is -0.810. The third kappa shape index (κ3) is 5.43. The van der Waals surface area contributed by atoms with Crippen molar-refractivity contribution in [2.75, 3.05) is 38.5 Å². The topological polar surface area (TPSA) is 44.4 Å². The van der Waals surface area contributed by atoms with Crippen molar-refractivity contribution in [3.63, 3.8) is 0 Å². The summed E-state index contributed by atoms with van der Waals surface area (Å²) in [4.78, 5) is 14.4. The van der Waals surface area contributed by atoms with Gasteiger partial charge in [-0.25, -0.2) is 0 Å². The molecule has 1 aliphatic heterocycles. The standard InChI is InChI=1S/C16H24ClN3O.ClH/c1-12-14(17)4-3-5-15(12)19-16(21)11-20-8-6-13(7-9-20)10-18-2;/h3-5,13,18H,6-11H2,1-2H3,(H,19,21);1H. The number of carbonyl (C=O) groups is 1. The Morgan fingerprint density at radius 2 is 2.05 bits per heavy atom. The molecule has 0 bridgehead atoms. The highest BCUT2D eigenvalue weighted by atomic mass is 35.5. The summed E-state index contributed by atoms with van der Waals surface area (Å²) in [5.41, 5.74) is 1.72. The van der Waals surface area contributed by atoms with Crippen LogP contribution in [0.25, 0.3) is 0 Å². The second-order valence-electron chi connectivity index (χ2n) is 5.74. The van der Waals surface area contributed by atoms with E-state index in [4.69, 9.17) is 11.6 Å². The smallest absolute Gasteiger partial charge is 0.238 e. The number of nitrogens with one attached hydrogen (secondary N) is 2. The summed E-state index contributed by atoms with van der Waals surface area (Å²) >= 11 is 6.07. The van der Waals surface area contributed by atoms with Crippen molar-refractivity contribution in [1.29, 1.82) is 0 Å². The molecule has 1 amide bonds. The molecule has 1 aromatic rings. The molecule has 0 aliphatic carbocycles. The first-order chi connectivity index (χ1) is 10.1. The first-order valence-electron chi connectivity index (χ1n) is 7.52. The number of benzene rings is 1. The van der Waals surface area contributed by atoms with Gasteiger partial charge in [-0.3, -0.25) is 9.69 Å². The van der Waals surface area contributed by atoms with Crippen LogP contribution in [0.15, 0.2) is 18.2 Å². The van der Waals surface area contributed by atoms with Crippen molar-refractivity contribution in [1.82, 2.24) is 10.2 Å². The van der Waals surface area contributed by atoms with Gasteiger partial charge in [-0.05, 0) is 70.1 Å². The number of anilines is 1. The van der Waals surface area contributed by atoms with E-state index in [1.165, 1.54) is 0 Å². The lowest BCUT2D eigenvalue weighted by Crippen LogP contribution is -2.40. The molecule has 124 valence electrons. The monoisotopic (exact) mass is 345 g/mol. The molecule has 0 unspecified atom stereocenters. The zero-order valence-corrected chi connectivity index (χ0v) is 14.8. The predicted octanol–water partition coefficient (Wildman–Crippen LogP) is 2.94. The number of hydrogen-bond donors (Lipinski definition) is 2. The molecule has 0 saturated carbocycles. The number of rotatable bonds is 5. The lowest BCUT2D eigenvalue weighted by atomic mass is 9.97. The molecule has 0 spiro atoms. The predicted molar refractivity (Wildman–Crippen MR) is 95.2 cm³/mol. The van der Waals surface area contributed by atoms with Crippen LogP contribution in [-0.4, -0.2) is 44.0 Å². The second-order valence-corrected chi connectivity index (χ2v) is 6.14. The maximum absolute atomic E-state index is 12.1. The number of piperidine rings is 1. The van der Waals surface area contributed by atoms with Gasteiger partial charge >= 0.3 is 0 Å². The van der Waals surface area contributed by atoms with Crippen LogP contribution in [0.5, 0.6) is 0 Å². The molecule has 1 aromatic carbocycles. The fraction of sp³-hybridized carbons (Fsp3) is 0.562. The number of hydrogen-bond acceptors (Lipinski definition) is 3. The maximum atomic E-state index is 12.1. The summed E-state index contributed by atoms with van der Waals surface area (Å²) in [5.74, 6) is 0.775. The molecule has 0 atom stereocenters. The molecule has 4 nitrogen and oxygen atoms in total. The highest BCUT2D eigenvalue weighted by molar-refractivity contribution is 6.31. The van der Waals surface area contributed by atoms with Gasteiger partial charge < -0.3 is 10.6 Å². The van der Waals surface area contributed by atoms with Gasteiger partial charge in [0.15, 0.2) is 0 Å². The van der Waals surface area contributed by atoms with Crippen LogP contribution in [0.2, 0.25) is 5.02 Å². The molecule has 1 fully saturated rings. The van der Waals surface area contributed by atoms with E-state index in [2.05, 4.69) is 15.5 Å². The molecular formula is C16H25Cl2N3O. The van der Waals surface area contributed by atoms with Crippen LogP contribution >= 0.6 is 24.0 Å². The molecule has 22 heavy (non-hydrogen) atoms. The van der Waals surface area contributed by atoms with Gasteiger partial charge in [0.25, 0.3) is 0 Å². The first-order valence-corrected chi connectivity index (χ1v) is 7.90. The summed E-state index contributed by atoms with van der Waals surface area (Å²) in [6, 6.07) is 5.57. The van der Waals surface area contributed by atoms with E-state index >= 15 is 0 Å². The highest BCUT2D eigenvalue weighted by Gasteiger charge is 2.20. The van der Waals surface area contributed by atoms with E-state index in [0.29, 0.717) is 11.6 Å².